The van der Waals surface area contributed by atoms with Crippen LogP contribution in [0.15, 0.2) is 65.6 Å². The van der Waals surface area contributed by atoms with Gasteiger partial charge in [-0.15, -0.1) is 0 Å². The van der Waals surface area contributed by atoms with Crippen molar-refractivity contribution in [3.8, 4) is 5.75 Å². The van der Waals surface area contributed by atoms with Gasteiger partial charge in [0.05, 0.1) is 22.6 Å². The van der Waals surface area contributed by atoms with Crippen molar-refractivity contribution >= 4 is 56.4 Å². The highest BCUT2D eigenvalue weighted by atomic mass is 35.5. The first-order chi connectivity index (χ1) is 21.8. The third kappa shape index (κ3) is 8.09. The third-order valence-electron chi connectivity index (χ3n) is 8.01. The number of hydrogen-bond donors (Lipinski definition) is 1. The van der Waals surface area contributed by atoms with E-state index in [1.54, 1.807) is 31.2 Å². The molecule has 0 aliphatic heterocycles. The van der Waals surface area contributed by atoms with Gasteiger partial charge in [0.2, 0.25) is 11.8 Å². The third-order valence-corrected chi connectivity index (χ3v) is 10.3. The number of nitrogens with one attached hydrogen (secondary N) is 1. The predicted molar refractivity (Wildman–Crippen MR) is 177 cm³/mol. The van der Waals surface area contributed by atoms with Crippen LogP contribution >= 0.6 is 23.2 Å². The van der Waals surface area contributed by atoms with Gasteiger partial charge in [0.25, 0.3) is 15.7 Å². The summed E-state index contributed by atoms with van der Waals surface area (Å²) in [5.74, 6) is -0.922. The van der Waals surface area contributed by atoms with Crippen molar-refractivity contribution in [3.63, 3.8) is 0 Å². The maximum atomic E-state index is 14.4. The number of methoxy groups -OCH3 is 1. The van der Waals surface area contributed by atoms with Crippen molar-refractivity contribution in [2.24, 2.45) is 0 Å². The van der Waals surface area contributed by atoms with E-state index < -0.39 is 44.0 Å². The van der Waals surface area contributed by atoms with E-state index in [1.807, 2.05) is 0 Å². The minimum absolute atomic E-state index is 0.000963. The molecule has 3 aromatic rings. The SMILES string of the molecule is CC[C@H](C(=O)NC1CCCC1)N(Cc1ccc(Cl)cc1)C(=O)CN(c1cc(Cl)ccc1OC)S(=O)(=O)c1ccc(C)c([N+](=O)[O-])c1. The number of rotatable bonds is 13. The number of nitro benzene ring substituents is 1. The molecule has 0 radical (unpaired) electrons. The van der Waals surface area contributed by atoms with Crippen LogP contribution in [0.2, 0.25) is 10.0 Å². The van der Waals surface area contributed by atoms with Gasteiger partial charge in [-0.2, -0.15) is 0 Å². The van der Waals surface area contributed by atoms with Crippen LogP contribution in [0, 0.1) is 17.0 Å². The lowest BCUT2D eigenvalue weighted by molar-refractivity contribution is -0.385. The smallest absolute Gasteiger partial charge is 0.273 e. The van der Waals surface area contributed by atoms with Gasteiger partial charge in [0.15, 0.2) is 0 Å². The maximum absolute atomic E-state index is 14.4. The fourth-order valence-electron chi connectivity index (χ4n) is 5.52. The van der Waals surface area contributed by atoms with Crippen LogP contribution in [-0.4, -0.2) is 55.8 Å². The van der Waals surface area contributed by atoms with E-state index in [-0.39, 0.29) is 46.9 Å². The highest BCUT2D eigenvalue weighted by Gasteiger charge is 2.36. The van der Waals surface area contributed by atoms with Gasteiger partial charge in [0.1, 0.15) is 18.3 Å². The van der Waals surface area contributed by atoms with Crippen molar-refractivity contribution in [3.05, 3.63) is 92.0 Å². The van der Waals surface area contributed by atoms with E-state index >= 15 is 0 Å². The predicted octanol–water partition coefficient (Wildman–Crippen LogP) is 6.28. The number of carbonyl (C=O) groups is 2. The van der Waals surface area contributed by atoms with Gasteiger partial charge in [-0.25, -0.2) is 8.42 Å². The quantitative estimate of drug-likeness (QED) is 0.164. The molecule has 11 nitrogen and oxygen atoms in total. The van der Waals surface area contributed by atoms with Crippen LogP contribution in [0.1, 0.15) is 50.2 Å². The molecule has 246 valence electrons. The Balaban J connectivity index is 1.81. The molecule has 0 heterocycles. The first-order valence-electron chi connectivity index (χ1n) is 14.8. The maximum Gasteiger partial charge on any atom is 0.273 e. The van der Waals surface area contributed by atoms with Crippen LogP contribution in [0.4, 0.5) is 11.4 Å². The zero-order chi connectivity index (χ0) is 33.6. The van der Waals surface area contributed by atoms with E-state index in [9.17, 15) is 28.1 Å². The molecule has 1 fully saturated rings. The summed E-state index contributed by atoms with van der Waals surface area (Å²) in [5, 5.41) is 15.4. The molecule has 0 aromatic heterocycles. The van der Waals surface area contributed by atoms with Crippen molar-refractivity contribution in [1.29, 1.82) is 0 Å². The molecule has 1 aliphatic carbocycles. The van der Waals surface area contributed by atoms with Gasteiger partial charge in [-0.05, 0) is 68.1 Å². The molecule has 46 heavy (non-hydrogen) atoms. The van der Waals surface area contributed by atoms with E-state index in [0.717, 1.165) is 36.1 Å². The summed E-state index contributed by atoms with van der Waals surface area (Å²) in [5.41, 5.74) is 0.486. The largest absolute Gasteiger partial charge is 0.495 e. The minimum Gasteiger partial charge on any atom is -0.495 e. The van der Waals surface area contributed by atoms with Gasteiger partial charge >= 0.3 is 0 Å². The van der Waals surface area contributed by atoms with Gasteiger partial charge in [-0.1, -0.05) is 61.2 Å². The summed E-state index contributed by atoms with van der Waals surface area (Å²) in [6, 6.07) is 13.7. The summed E-state index contributed by atoms with van der Waals surface area (Å²) in [4.78, 5) is 39.9. The number of sulfonamides is 1. The fourth-order valence-corrected chi connectivity index (χ4v) is 7.25. The summed E-state index contributed by atoms with van der Waals surface area (Å²) in [6.07, 6.45) is 3.95. The second-order valence-electron chi connectivity index (χ2n) is 11.1. The number of hydrogen-bond acceptors (Lipinski definition) is 7. The van der Waals surface area contributed by atoms with E-state index in [2.05, 4.69) is 5.32 Å². The van der Waals surface area contributed by atoms with E-state index in [1.165, 1.54) is 49.3 Å². The molecule has 14 heteroatoms. The number of ether oxygens (including phenoxy) is 1. The number of halogens is 2. The Labute approximate surface area is 278 Å². The average molecular weight is 692 g/mol. The molecule has 1 saturated carbocycles. The van der Waals surface area contributed by atoms with Crippen molar-refractivity contribution in [2.75, 3.05) is 18.0 Å². The normalized spacial score (nSPS) is 14.0. The van der Waals surface area contributed by atoms with E-state index in [4.69, 9.17) is 27.9 Å². The van der Waals surface area contributed by atoms with Crippen LogP contribution in [-0.2, 0) is 26.2 Å². The molecule has 3 aromatic carbocycles. The van der Waals surface area contributed by atoms with Crippen molar-refractivity contribution < 1.29 is 27.7 Å². The molecule has 0 saturated heterocycles. The number of aryl methyl sites for hydroxylation is 1. The molecule has 1 N–H and O–H groups in total. The Morgan fingerprint density at radius 2 is 1.70 bits per heavy atom. The van der Waals surface area contributed by atoms with Crippen LogP contribution in [0.5, 0.6) is 5.75 Å². The summed E-state index contributed by atoms with van der Waals surface area (Å²) in [6.45, 7) is 2.50. The van der Waals surface area contributed by atoms with E-state index in [0.29, 0.717) is 10.6 Å². The molecule has 2 amide bonds. The highest BCUT2D eigenvalue weighted by molar-refractivity contribution is 7.92. The first-order valence-corrected chi connectivity index (χ1v) is 17.0. The summed E-state index contributed by atoms with van der Waals surface area (Å²) in [7, 11) is -3.29. The number of anilines is 1. The van der Waals surface area contributed by atoms with Crippen molar-refractivity contribution in [2.45, 2.75) is 69.5 Å². The van der Waals surface area contributed by atoms with Gasteiger partial charge in [0, 0.05) is 34.3 Å². The van der Waals surface area contributed by atoms with Gasteiger partial charge in [-0.3, -0.25) is 24.0 Å². The number of carbonyl (C=O) groups excluding carboxylic acids is 2. The standard InChI is InChI=1S/C32H36Cl2N4O7S/c1-4-27(32(40)35-25-7-5-6-8-25)36(19-22-10-12-23(33)13-11-22)31(39)20-37(29-17-24(34)14-16-30(29)45-3)46(43,44)26-15-9-21(2)28(18-26)38(41)42/h9-18,25,27H,4-8,19-20H2,1-3H3,(H,35,40)/t27-/m1/s1. The Morgan fingerprint density at radius 1 is 1.04 bits per heavy atom. The lowest BCUT2D eigenvalue weighted by atomic mass is 10.1. The highest BCUT2D eigenvalue weighted by Crippen LogP contribution is 2.36. The Bertz CT molecular complexity index is 1700. The number of nitro groups is 1. The fraction of sp³-hybridized carbons (Fsp3) is 0.375. The summed E-state index contributed by atoms with van der Waals surface area (Å²) >= 11 is 12.4. The number of amides is 2. The Kier molecular flexibility index (Phi) is 11.5. The lowest BCUT2D eigenvalue weighted by Crippen LogP contribution is -2.53. The second-order valence-corrected chi connectivity index (χ2v) is 13.8. The molecule has 1 aliphatic rings. The molecule has 0 unspecified atom stereocenters. The van der Waals surface area contributed by atoms with Crippen LogP contribution in [0.3, 0.4) is 0 Å². The Hall–Kier alpha value is -3.87. The lowest BCUT2D eigenvalue weighted by Gasteiger charge is -2.34. The van der Waals surface area contributed by atoms with Crippen LogP contribution in [0.25, 0.3) is 0 Å². The molecule has 1 atom stereocenters. The zero-order valence-electron chi connectivity index (χ0n) is 25.7. The summed E-state index contributed by atoms with van der Waals surface area (Å²) < 4.78 is 34.9. The molecule has 0 spiro atoms. The topological polar surface area (TPSA) is 139 Å². The number of benzene rings is 3. The monoisotopic (exact) mass is 690 g/mol. The molecular formula is C32H36Cl2N4O7S. The first kappa shape index (κ1) is 35.0. The average Bonchev–Trinajstić information content (AvgIpc) is 3.53. The molecule has 4 rings (SSSR count). The minimum atomic E-state index is -4.63. The zero-order valence-corrected chi connectivity index (χ0v) is 28.1. The van der Waals surface area contributed by atoms with Gasteiger partial charge < -0.3 is 15.0 Å². The molecule has 0 bridgehead atoms. The van der Waals surface area contributed by atoms with Crippen LogP contribution < -0.4 is 14.4 Å². The molecular weight excluding hydrogens is 655 g/mol. The Morgan fingerprint density at radius 3 is 2.30 bits per heavy atom. The van der Waals surface area contributed by atoms with Crippen molar-refractivity contribution in [1.82, 2.24) is 10.2 Å². The number of nitrogens with zero attached hydrogens (tertiary/aromatic N) is 3. The second kappa shape index (κ2) is 15.1.